The largest absolute Gasteiger partial charge is 0.497 e. The molecule has 162 valence electrons. The molecule has 0 bridgehead atoms. The molecule has 1 atom stereocenters. The molecule has 2 heterocycles. The molecule has 0 radical (unpaired) electrons. The molecule has 1 fully saturated rings. The zero-order valence-corrected chi connectivity index (χ0v) is 17.7. The number of amides is 1. The molecular formula is C22H31N5O3. The number of furan rings is 1. The second-order valence-corrected chi connectivity index (χ2v) is 7.21. The fourth-order valence-corrected chi connectivity index (χ4v) is 3.53. The van der Waals surface area contributed by atoms with E-state index in [0.717, 1.165) is 30.2 Å². The maximum absolute atomic E-state index is 12.2. The maximum atomic E-state index is 12.2. The fraction of sp³-hybridized carbons (Fsp3) is 0.455. The van der Waals surface area contributed by atoms with E-state index in [1.807, 2.05) is 36.4 Å². The highest BCUT2D eigenvalue weighted by atomic mass is 16.5. The van der Waals surface area contributed by atoms with Crippen LogP contribution >= 0.6 is 0 Å². The molecule has 1 amide bonds. The Morgan fingerprint density at radius 1 is 1.17 bits per heavy atom. The van der Waals surface area contributed by atoms with Gasteiger partial charge in [-0.2, -0.15) is 0 Å². The Labute approximate surface area is 177 Å². The molecule has 0 spiro atoms. The number of carbonyl (C=O) groups excluding carboxylic acids is 1. The Morgan fingerprint density at radius 3 is 2.57 bits per heavy atom. The van der Waals surface area contributed by atoms with Crippen molar-refractivity contribution in [3.63, 3.8) is 0 Å². The molecule has 30 heavy (non-hydrogen) atoms. The van der Waals surface area contributed by atoms with E-state index in [4.69, 9.17) is 9.15 Å². The molecule has 8 nitrogen and oxygen atoms in total. The third-order valence-corrected chi connectivity index (χ3v) is 5.20. The summed E-state index contributed by atoms with van der Waals surface area (Å²) in [5.41, 5.74) is 1.01. The van der Waals surface area contributed by atoms with Crippen molar-refractivity contribution in [3.05, 3.63) is 54.0 Å². The Balaban J connectivity index is 1.43. The number of methoxy groups -OCH3 is 1. The molecule has 0 aliphatic carbocycles. The fourth-order valence-electron chi connectivity index (χ4n) is 3.53. The highest BCUT2D eigenvalue weighted by Crippen LogP contribution is 2.24. The number of carbonyl (C=O) groups is 1. The van der Waals surface area contributed by atoms with E-state index < -0.39 is 0 Å². The smallest absolute Gasteiger partial charge is 0.239 e. The van der Waals surface area contributed by atoms with Crippen molar-refractivity contribution in [1.82, 2.24) is 20.9 Å². The molecular weight excluding hydrogens is 382 g/mol. The van der Waals surface area contributed by atoms with E-state index >= 15 is 0 Å². The number of hydrogen-bond donors (Lipinski definition) is 3. The predicted octanol–water partition coefficient (Wildman–Crippen LogP) is 1.91. The van der Waals surface area contributed by atoms with E-state index in [1.165, 1.54) is 12.8 Å². The highest BCUT2D eigenvalue weighted by molar-refractivity contribution is 5.86. The summed E-state index contributed by atoms with van der Waals surface area (Å²) in [6.07, 6.45) is 4.12. The van der Waals surface area contributed by atoms with Gasteiger partial charge >= 0.3 is 0 Å². The first kappa shape index (κ1) is 21.7. The summed E-state index contributed by atoms with van der Waals surface area (Å²) in [5, 5.41) is 9.29. The predicted molar refractivity (Wildman–Crippen MR) is 116 cm³/mol. The topological polar surface area (TPSA) is 91.1 Å². The third kappa shape index (κ3) is 6.25. The van der Waals surface area contributed by atoms with Crippen LogP contribution in [-0.4, -0.2) is 57.1 Å². The minimum Gasteiger partial charge on any atom is -0.497 e. The summed E-state index contributed by atoms with van der Waals surface area (Å²) >= 11 is 0. The number of nitrogens with one attached hydrogen (secondary N) is 3. The number of nitrogens with zero attached hydrogens (tertiary/aromatic N) is 2. The van der Waals surface area contributed by atoms with Gasteiger partial charge in [-0.25, -0.2) is 0 Å². The van der Waals surface area contributed by atoms with Crippen molar-refractivity contribution < 1.29 is 13.9 Å². The summed E-state index contributed by atoms with van der Waals surface area (Å²) in [7, 11) is 3.33. The van der Waals surface area contributed by atoms with Gasteiger partial charge in [-0.05, 0) is 55.8 Å². The third-order valence-electron chi connectivity index (χ3n) is 5.20. The van der Waals surface area contributed by atoms with Crippen molar-refractivity contribution >= 4 is 11.9 Å². The first-order valence-corrected chi connectivity index (χ1v) is 10.3. The minimum atomic E-state index is -0.101. The van der Waals surface area contributed by atoms with Gasteiger partial charge in [0.1, 0.15) is 11.5 Å². The van der Waals surface area contributed by atoms with Crippen LogP contribution in [-0.2, 0) is 11.3 Å². The van der Waals surface area contributed by atoms with E-state index in [-0.39, 0.29) is 18.5 Å². The molecule has 1 saturated heterocycles. The Morgan fingerprint density at radius 2 is 1.93 bits per heavy atom. The average molecular weight is 414 g/mol. The van der Waals surface area contributed by atoms with Crippen molar-refractivity contribution in [2.45, 2.75) is 25.4 Å². The Bertz CT molecular complexity index is 799. The number of benzene rings is 1. The monoisotopic (exact) mass is 413 g/mol. The summed E-state index contributed by atoms with van der Waals surface area (Å²) in [6, 6.07) is 11.7. The maximum Gasteiger partial charge on any atom is 0.239 e. The van der Waals surface area contributed by atoms with Crippen molar-refractivity contribution in [2.75, 3.05) is 40.3 Å². The number of guanidine groups is 1. The lowest BCUT2D eigenvalue weighted by atomic mass is 10.2. The minimum absolute atomic E-state index is 0.101. The van der Waals surface area contributed by atoms with Crippen LogP contribution in [0.3, 0.4) is 0 Å². The molecule has 1 aliphatic rings. The van der Waals surface area contributed by atoms with Crippen LogP contribution in [0.25, 0.3) is 0 Å². The molecule has 1 unspecified atom stereocenters. The molecule has 3 N–H and O–H groups in total. The number of rotatable bonds is 9. The van der Waals surface area contributed by atoms with Gasteiger partial charge in [0, 0.05) is 20.1 Å². The Kier molecular flexibility index (Phi) is 8.14. The average Bonchev–Trinajstić information content (AvgIpc) is 3.50. The van der Waals surface area contributed by atoms with Gasteiger partial charge in [0.25, 0.3) is 0 Å². The first-order valence-electron chi connectivity index (χ1n) is 10.3. The number of likely N-dealkylation sites (tertiary alicyclic amines) is 1. The van der Waals surface area contributed by atoms with E-state index in [9.17, 15) is 4.79 Å². The second kappa shape index (κ2) is 11.3. The van der Waals surface area contributed by atoms with E-state index in [0.29, 0.717) is 19.0 Å². The van der Waals surface area contributed by atoms with Gasteiger partial charge in [0.2, 0.25) is 5.91 Å². The van der Waals surface area contributed by atoms with Gasteiger partial charge in [0.15, 0.2) is 5.96 Å². The van der Waals surface area contributed by atoms with Crippen LogP contribution in [0.5, 0.6) is 5.75 Å². The number of hydrogen-bond acceptors (Lipinski definition) is 5. The van der Waals surface area contributed by atoms with Crippen molar-refractivity contribution in [3.8, 4) is 5.75 Å². The van der Waals surface area contributed by atoms with E-state index in [2.05, 4.69) is 25.8 Å². The SMILES string of the molecule is CN=C(NCC(=O)NCc1ccc(OC)cc1)NCC(c1ccco1)N1CCCC1. The normalized spacial score (nSPS) is 15.6. The zero-order chi connectivity index (χ0) is 21.2. The van der Waals surface area contributed by atoms with Gasteiger partial charge in [0.05, 0.1) is 26.0 Å². The molecule has 8 heteroatoms. The van der Waals surface area contributed by atoms with Crippen LogP contribution in [0, 0.1) is 0 Å². The lowest BCUT2D eigenvalue weighted by Crippen LogP contribution is -2.45. The van der Waals surface area contributed by atoms with E-state index in [1.54, 1.807) is 20.4 Å². The molecule has 3 rings (SSSR count). The number of ether oxygens (including phenoxy) is 1. The van der Waals surface area contributed by atoms with Gasteiger partial charge in [-0.1, -0.05) is 12.1 Å². The lowest BCUT2D eigenvalue weighted by molar-refractivity contribution is -0.120. The van der Waals surface area contributed by atoms with Crippen molar-refractivity contribution in [1.29, 1.82) is 0 Å². The van der Waals surface area contributed by atoms with Crippen LogP contribution in [0.1, 0.15) is 30.2 Å². The molecule has 2 aromatic rings. The molecule has 1 aromatic heterocycles. The van der Waals surface area contributed by atoms with Gasteiger partial charge in [-0.15, -0.1) is 0 Å². The van der Waals surface area contributed by atoms with Crippen LogP contribution in [0.2, 0.25) is 0 Å². The first-order chi connectivity index (χ1) is 14.7. The molecule has 1 aromatic carbocycles. The van der Waals surface area contributed by atoms with Crippen LogP contribution in [0.15, 0.2) is 52.1 Å². The van der Waals surface area contributed by atoms with Crippen LogP contribution in [0.4, 0.5) is 0 Å². The summed E-state index contributed by atoms with van der Waals surface area (Å²) in [6.45, 7) is 3.39. The summed E-state index contributed by atoms with van der Waals surface area (Å²) < 4.78 is 10.8. The quantitative estimate of drug-likeness (QED) is 0.430. The highest BCUT2D eigenvalue weighted by Gasteiger charge is 2.25. The summed E-state index contributed by atoms with van der Waals surface area (Å²) in [5.74, 6) is 2.22. The summed E-state index contributed by atoms with van der Waals surface area (Å²) in [4.78, 5) is 18.8. The number of aliphatic imine (C=N–C) groups is 1. The zero-order valence-electron chi connectivity index (χ0n) is 17.7. The second-order valence-electron chi connectivity index (χ2n) is 7.21. The lowest BCUT2D eigenvalue weighted by Gasteiger charge is -2.26. The van der Waals surface area contributed by atoms with Crippen molar-refractivity contribution in [2.24, 2.45) is 4.99 Å². The van der Waals surface area contributed by atoms with Gasteiger partial charge < -0.3 is 25.1 Å². The van der Waals surface area contributed by atoms with Crippen LogP contribution < -0.4 is 20.7 Å². The van der Waals surface area contributed by atoms with Gasteiger partial charge in [-0.3, -0.25) is 14.7 Å². The standard InChI is InChI=1S/C22H31N5O3/c1-23-22(25-15-19(20-6-5-13-30-20)27-11-3-4-12-27)26-16-21(28)24-14-17-7-9-18(29-2)10-8-17/h5-10,13,19H,3-4,11-12,14-16H2,1-2H3,(H,24,28)(H2,23,25,26). The molecule has 0 saturated carbocycles. The molecule has 1 aliphatic heterocycles. The Hall–Kier alpha value is -3.00.